The molecule has 1 aromatic carbocycles. The normalized spacial score (nSPS) is 11.1. The van der Waals surface area contributed by atoms with E-state index in [2.05, 4.69) is 34.0 Å². The van der Waals surface area contributed by atoms with Crippen LogP contribution in [0, 0.1) is 11.7 Å². The van der Waals surface area contributed by atoms with Gasteiger partial charge in [0.1, 0.15) is 10.7 Å². The van der Waals surface area contributed by atoms with E-state index in [1.54, 1.807) is 30.9 Å². The summed E-state index contributed by atoms with van der Waals surface area (Å²) in [5.74, 6) is 0.184. The number of halogens is 1. The first kappa shape index (κ1) is 22.0. The number of aryl methyl sites for hydroxylation is 1. The summed E-state index contributed by atoms with van der Waals surface area (Å²) >= 11 is 1.37. The molecule has 160 valence electrons. The van der Waals surface area contributed by atoms with Crippen LogP contribution in [0.2, 0.25) is 0 Å². The van der Waals surface area contributed by atoms with Crippen LogP contribution in [-0.2, 0) is 13.1 Å². The zero-order valence-electron chi connectivity index (χ0n) is 17.4. The first-order valence-electron chi connectivity index (χ1n) is 10.2. The molecular weight excluding hydrogens is 401 g/mol. The van der Waals surface area contributed by atoms with Crippen molar-refractivity contribution in [3.8, 4) is 0 Å². The molecule has 1 N–H and O–H groups in total. The molecule has 30 heavy (non-hydrogen) atoms. The van der Waals surface area contributed by atoms with Gasteiger partial charge in [0.05, 0.1) is 12.5 Å². The number of carbonyl (C=O) groups excluding carboxylic acids is 1. The van der Waals surface area contributed by atoms with E-state index < -0.39 is 0 Å². The second kappa shape index (κ2) is 10.9. The maximum Gasteiger partial charge on any atom is 0.263 e. The van der Waals surface area contributed by atoms with E-state index in [0.29, 0.717) is 23.9 Å². The highest BCUT2D eigenvalue weighted by atomic mass is 32.1. The maximum atomic E-state index is 13.6. The first-order valence-corrected chi connectivity index (χ1v) is 11.0. The molecule has 0 aliphatic heterocycles. The van der Waals surface area contributed by atoms with Crippen LogP contribution < -0.4 is 10.2 Å². The molecule has 0 spiro atoms. The number of aromatic nitrogens is 3. The molecule has 0 aliphatic rings. The third-order valence-electron chi connectivity index (χ3n) is 4.66. The lowest BCUT2D eigenvalue weighted by Crippen LogP contribution is -2.25. The quantitative estimate of drug-likeness (QED) is 0.460. The van der Waals surface area contributed by atoms with Crippen LogP contribution in [0.15, 0.2) is 49.2 Å². The average Bonchev–Trinajstić information content (AvgIpc) is 3.40. The topological polar surface area (TPSA) is 63.1 Å². The van der Waals surface area contributed by atoms with Gasteiger partial charge in [-0.15, -0.1) is 0 Å². The number of thiazole rings is 1. The fraction of sp³-hybridized carbons (Fsp3) is 0.409. The fourth-order valence-electron chi connectivity index (χ4n) is 3.00. The van der Waals surface area contributed by atoms with Crippen molar-refractivity contribution >= 4 is 22.4 Å². The standard InChI is InChI=1S/C22H28FN5OS/c1-17(2)7-11-28(15-18-5-3-6-19(23)13-18)22-26-14-20(30-22)21(29)25-8-4-10-27-12-9-24-16-27/h3,5-6,9,12-14,16-17H,4,7-8,10-11,15H2,1-2H3,(H,25,29). The predicted molar refractivity (Wildman–Crippen MR) is 118 cm³/mol. The van der Waals surface area contributed by atoms with Crippen molar-refractivity contribution < 1.29 is 9.18 Å². The van der Waals surface area contributed by atoms with Crippen molar-refractivity contribution in [3.63, 3.8) is 0 Å². The number of rotatable bonds is 11. The van der Waals surface area contributed by atoms with E-state index in [-0.39, 0.29) is 11.7 Å². The van der Waals surface area contributed by atoms with Gasteiger partial charge < -0.3 is 14.8 Å². The van der Waals surface area contributed by atoms with E-state index in [1.165, 1.54) is 17.4 Å². The minimum Gasteiger partial charge on any atom is -0.351 e. The number of imidazole rings is 1. The first-order chi connectivity index (χ1) is 14.5. The summed E-state index contributed by atoms with van der Waals surface area (Å²) in [6, 6.07) is 6.62. The lowest BCUT2D eigenvalue weighted by Gasteiger charge is -2.23. The van der Waals surface area contributed by atoms with Gasteiger partial charge in [0, 0.05) is 38.6 Å². The number of hydrogen-bond acceptors (Lipinski definition) is 5. The van der Waals surface area contributed by atoms with E-state index in [0.717, 1.165) is 36.6 Å². The Morgan fingerprint density at radius 2 is 2.23 bits per heavy atom. The Morgan fingerprint density at radius 3 is 2.97 bits per heavy atom. The number of hydrogen-bond donors (Lipinski definition) is 1. The molecule has 6 nitrogen and oxygen atoms in total. The van der Waals surface area contributed by atoms with Gasteiger partial charge in [0.2, 0.25) is 0 Å². The van der Waals surface area contributed by atoms with Gasteiger partial charge in [-0.05, 0) is 36.5 Å². The maximum absolute atomic E-state index is 13.6. The monoisotopic (exact) mass is 429 g/mol. The van der Waals surface area contributed by atoms with Crippen LogP contribution in [0.5, 0.6) is 0 Å². The predicted octanol–water partition coefficient (Wildman–Crippen LogP) is 4.35. The number of carbonyl (C=O) groups is 1. The molecule has 1 amide bonds. The summed E-state index contributed by atoms with van der Waals surface area (Å²) in [5.41, 5.74) is 0.888. The highest BCUT2D eigenvalue weighted by Gasteiger charge is 2.16. The van der Waals surface area contributed by atoms with Crippen LogP contribution in [0.4, 0.5) is 9.52 Å². The summed E-state index contributed by atoms with van der Waals surface area (Å²) in [7, 11) is 0. The van der Waals surface area contributed by atoms with Gasteiger partial charge in [-0.1, -0.05) is 37.3 Å². The molecule has 0 unspecified atom stereocenters. The van der Waals surface area contributed by atoms with Crippen molar-refractivity contribution in [1.29, 1.82) is 0 Å². The number of anilines is 1. The summed E-state index contributed by atoms with van der Waals surface area (Å²) in [4.78, 5) is 23.7. The summed E-state index contributed by atoms with van der Waals surface area (Å²) in [6.07, 6.45) is 8.85. The molecule has 2 aromatic heterocycles. The van der Waals surface area contributed by atoms with Crippen molar-refractivity contribution in [2.24, 2.45) is 5.92 Å². The van der Waals surface area contributed by atoms with Crippen molar-refractivity contribution in [3.05, 3.63) is 65.4 Å². The third kappa shape index (κ3) is 6.66. The Labute approximate surface area is 180 Å². The second-order valence-corrected chi connectivity index (χ2v) is 8.66. The van der Waals surface area contributed by atoms with Gasteiger partial charge >= 0.3 is 0 Å². The largest absolute Gasteiger partial charge is 0.351 e. The number of nitrogens with zero attached hydrogens (tertiary/aromatic N) is 4. The second-order valence-electron chi connectivity index (χ2n) is 7.65. The summed E-state index contributed by atoms with van der Waals surface area (Å²) in [6.45, 7) is 7.10. The van der Waals surface area contributed by atoms with Gasteiger partial charge in [0.15, 0.2) is 5.13 Å². The van der Waals surface area contributed by atoms with E-state index >= 15 is 0 Å². The van der Waals surface area contributed by atoms with Crippen molar-refractivity contribution in [2.45, 2.75) is 39.8 Å². The Kier molecular flexibility index (Phi) is 7.96. The molecule has 0 atom stereocenters. The van der Waals surface area contributed by atoms with Crippen LogP contribution in [0.1, 0.15) is 41.9 Å². The third-order valence-corrected chi connectivity index (χ3v) is 5.72. The number of nitrogens with one attached hydrogen (secondary N) is 1. The van der Waals surface area contributed by atoms with E-state index in [4.69, 9.17) is 0 Å². The molecule has 0 aliphatic carbocycles. The van der Waals surface area contributed by atoms with E-state index in [9.17, 15) is 9.18 Å². The van der Waals surface area contributed by atoms with Crippen LogP contribution in [0.3, 0.4) is 0 Å². The molecule has 0 saturated carbocycles. The lowest BCUT2D eigenvalue weighted by atomic mass is 10.1. The zero-order chi connectivity index (χ0) is 21.3. The van der Waals surface area contributed by atoms with Crippen LogP contribution in [0.25, 0.3) is 0 Å². The SMILES string of the molecule is CC(C)CCN(Cc1cccc(F)c1)c1ncc(C(=O)NCCCn2ccnc2)s1. The van der Waals surface area contributed by atoms with Crippen molar-refractivity contribution in [2.75, 3.05) is 18.0 Å². The molecule has 0 bridgehead atoms. The molecule has 3 rings (SSSR count). The molecular formula is C22H28FN5OS. The lowest BCUT2D eigenvalue weighted by molar-refractivity contribution is 0.0956. The molecule has 0 fully saturated rings. The van der Waals surface area contributed by atoms with Gasteiger partial charge in [0.25, 0.3) is 5.91 Å². The molecule has 3 aromatic rings. The molecule has 8 heteroatoms. The van der Waals surface area contributed by atoms with E-state index in [1.807, 2.05) is 16.8 Å². The van der Waals surface area contributed by atoms with Gasteiger partial charge in [-0.25, -0.2) is 14.4 Å². The van der Waals surface area contributed by atoms with Crippen LogP contribution >= 0.6 is 11.3 Å². The number of amides is 1. The molecule has 0 saturated heterocycles. The fourth-order valence-corrected chi connectivity index (χ4v) is 3.86. The smallest absolute Gasteiger partial charge is 0.263 e. The molecule has 0 radical (unpaired) electrons. The highest BCUT2D eigenvalue weighted by molar-refractivity contribution is 7.17. The molecule has 2 heterocycles. The Bertz CT molecular complexity index is 925. The summed E-state index contributed by atoms with van der Waals surface area (Å²) in [5, 5.41) is 3.73. The van der Waals surface area contributed by atoms with Crippen molar-refractivity contribution in [1.82, 2.24) is 19.9 Å². The van der Waals surface area contributed by atoms with Crippen LogP contribution in [-0.4, -0.2) is 33.5 Å². The Hall–Kier alpha value is -2.74. The minimum absolute atomic E-state index is 0.112. The highest BCUT2D eigenvalue weighted by Crippen LogP contribution is 2.25. The van der Waals surface area contributed by atoms with Gasteiger partial charge in [-0.2, -0.15) is 0 Å². The Balaban J connectivity index is 1.59. The average molecular weight is 430 g/mol. The zero-order valence-corrected chi connectivity index (χ0v) is 18.2. The van der Waals surface area contributed by atoms with Gasteiger partial charge in [-0.3, -0.25) is 4.79 Å². The Morgan fingerprint density at radius 1 is 1.37 bits per heavy atom. The summed E-state index contributed by atoms with van der Waals surface area (Å²) < 4.78 is 15.6. The number of benzene rings is 1. The minimum atomic E-state index is -0.244.